The summed E-state index contributed by atoms with van der Waals surface area (Å²) in [5, 5.41) is 6.54. The third kappa shape index (κ3) is 5.80. The maximum Gasteiger partial charge on any atom is 0.220 e. The predicted molar refractivity (Wildman–Crippen MR) is 84.4 cm³/mol. The number of hydrogen-bond donors (Lipinski definition) is 3. The molecule has 20 heavy (non-hydrogen) atoms. The molecule has 0 spiro atoms. The first-order chi connectivity index (χ1) is 9.36. The van der Waals surface area contributed by atoms with Crippen molar-refractivity contribution in [2.45, 2.75) is 58.9 Å². The minimum atomic E-state index is -0.265. The summed E-state index contributed by atoms with van der Waals surface area (Å²) in [5.74, 6) is 1.82. The van der Waals surface area contributed by atoms with Crippen LogP contribution in [0.5, 0.6) is 0 Å². The molecule has 0 aromatic rings. The largest absolute Gasteiger partial charge is 0.350 e. The molecular weight excluding hydrogens is 250 g/mol. The lowest BCUT2D eigenvalue weighted by Gasteiger charge is -2.33. The van der Waals surface area contributed by atoms with Gasteiger partial charge in [0.25, 0.3) is 0 Å². The molecule has 0 radical (unpaired) electrons. The molecule has 1 saturated heterocycles. The number of hydrogen-bond acceptors (Lipinski definition) is 3. The fraction of sp³-hybridized carbons (Fsp3) is 0.938. The summed E-state index contributed by atoms with van der Waals surface area (Å²) in [5.41, 5.74) is 5.59. The van der Waals surface area contributed by atoms with E-state index in [9.17, 15) is 4.79 Å². The molecule has 2 atom stereocenters. The highest BCUT2D eigenvalue weighted by Crippen LogP contribution is 2.25. The van der Waals surface area contributed by atoms with Crippen molar-refractivity contribution >= 4 is 5.91 Å². The first-order valence-corrected chi connectivity index (χ1v) is 8.08. The Hall–Kier alpha value is -0.610. The van der Waals surface area contributed by atoms with Crippen LogP contribution >= 0.6 is 0 Å². The van der Waals surface area contributed by atoms with Crippen LogP contribution in [-0.2, 0) is 4.79 Å². The summed E-state index contributed by atoms with van der Waals surface area (Å²) in [4.78, 5) is 12.3. The van der Waals surface area contributed by atoms with Gasteiger partial charge in [0.1, 0.15) is 0 Å². The molecule has 118 valence electrons. The predicted octanol–water partition coefficient (Wildman–Crippen LogP) is 1.89. The average Bonchev–Trinajstić information content (AvgIpc) is 2.38. The van der Waals surface area contributed by atoms with Gasteiger partial charge in [-0.1, -0.05) is 20.8 Å². The van der Waals surface area contributed by atoms with Gasteiger partial charge in [0.05, 0.1) is 0 Å². The summed E-state index contributed by atoms with van der Waals surface area (Å²) < 4.78 is 0. The summed E-state index contributed by atoms with van der Waals surface area (Å²) >= 11 is 0. The van der Waals surface area contributed by atoms with Crippen LogP contribution in [0.4, 0.5) is 0 Å². The normalized spacial score (nSPS) is 21.5. The second-order valence-electron chi connectivity index (χ2n) is 7.18. The fourth-order valence-corrected chi connectivity index (χ4v) is 3.35. The first kappa shape index (κ1) is 17.4. The molecule has 1 heterocycles. The van der Waals surface area contributed by atoms with Crippen LogP contribution in [0.2, 0.25) is 0 Å². The minimum absolute atomic E-state index is 0.157. The van der Waals surface area contributed by atoms with E-state index in [0.29, 0.717) is 30.7 Å². The standard InChI is InChI=1S/C16H33N3O/c1-12(2)10-16(4,11-17)19-15(20)9-13(3)14-5-7-18-8-6-14/h12-14,18H,5-11,17H2,1-4H3,(H,19,20). The van der Waals surface area contributed by atoms with Crippen LogP contribution < -0.4 is 16.4 Å². The van der Waals surface area contributed by atoms with Crippen molar-refractivity contribution in [3.63, 3.8) is 0 Å². The average molecular weight is 283 g/mol. The van der Waals surface area contributed by atoms with Crippen LogP contribution in [0.3, 0.4) is 0 Å². The number of nitrogens with two attached hydrogens (primary N) is 1. The van der Waals surface area contributed by atoms with E-state index in [0.717, 1.165) is 19.5 Å². The smallest absolute Gasteiger partial charge is 0.220 e. The van der Waals surface area contributed by atoms with E-state index in [1.165, 1.54) is 12.8 Å². The van der Waals surface area contributed by atoms with E-state index in [1.54, 1.807) is 0 Å². The number of amides is 1. The van der Waals surface area contributed by atoms with Crippen molar-refractivity contribution in [1.82, 2.24) is 10.6 Å². The Kier molecular flexibility index (Phi) is 6.96. The number of carbonyl (C=O) groups is 1. The zero-order valence-electron chi connectivity index (χ0n) is 13.7. The van der Waals surface area contributed by atoms with Crippen molar-refractivity contribution in [3.8, 4) is 0 Å². The van der Waals surface area contributed by atoms with Crippen molar-refractivity contribution in [3.05, 3.63) is 0 Å². The quantitative estimate of drug-likeness (QED) is 0.668. The number of rotatable bonds is 7. The van der Waals surface area contributed by atoms with Gasteiger partial charge in [-0.3, -0.25) is 4.79 Å². The van der Waals surface area contributed by atoms with Gasteiger partial charge >= 0.3 is 0 Å². The second kappa shape index (κ2) is 7.99. The van der Waals surface area contributed by atoms with Crippen LogP contribution in [0.15, 0.2) is 0 Å². The molecule has 0 aromatic carbocycles. The molecule has 0 aliphatic carbocycles. The third-order valence-corrected chi connectivity index (χ3v) is 4.45. The van der Waals surface area contributed by atoms with E-state index in [1.807, 2.05) is 0 Å². The van der Waals surface area contributed by atoms with E-state index in [4.69, 9.17) is 5.73 Å². The SMILES string of the molecule is CC(C)CC(C)(CN)NC(=O)CC(C)C1CCNCC1. The molecule has 4 nitrogen and oxygen atoms in total. The zero-order chi connectivity index (χ0) is 15.2. The molecule has 0 aromatic heterocycles. The number of nitrogens with one attached hydrogen (secondary N) is 2. The van der Waals surface area contributed by atoms with Gasteiger partial charge in [-0.25, -0.2) is 0 Å². The van der Waals surface area contributed by atoms with Gasteiger partial charge in [-0.05, 0) is 57.0 Å². The van der Waals surface area contributed by atoms with E-state index >= 15 is 0 Å². The lowest BCUT2D eigenvalue weighted by atomic mass is 9.83. The van der Waals surface area contributed by atoms with Gasteiger partial charge in [0.2, 0.25) is 5.91 Å². The van der Waals surface area contributed by atoms with Gasteiger partial charge in [-0.2, -0.15) is 0 Å². The van der Waals surface area contributed by atoms with E-state index < -0.39 is 0 Å². The molecule has 4 heteroatoms. The third-order valence-electron chi connectivity index (χ3n) is 4.45. The van der Waals surface area contributed by atoms with Gasteiger partial charge in [-0.15, -0.1) is 0 Å². The van der Waals surface area contributed by atoms with Crippen molar-refractivity contribution in [2.75, 3.05) is 19.6 Å². The summed E-state index contributed by atoms with van der Waals surface area (Å²) in [6, 6.07) is 0. The van der Waals surface area contributed by atoms with Gasteiger partial charge < -0.3 is 16.4 Å². The Labute approximate surface area is 124 Å². The molecule has 0 saturated carbocycles. The maximum atomic E-state index is 12.3. The molecule has 1 fully saturated rings. The number of carbonyl (C=O) groups excluding carboxylic acids is 1. The summed E-state index contributed by atoms with van der Waals surface area (Å²) in [7, 11) is 0. The Morgan fingerprint density at radius 2 is 1.95 bits per heavy atom. The van der Waals surface area contributed by atoms with Crippen LogP contribution in [0, 0.1) is 17.8 Å². The molecule has 0 bridgehead atoms. The zero-order valence-corrected chi connectivity index (χ0v) is 13.7. The van der Waals surface area contributed by atoms with E-state index in [-0.39, 0.29) is 11.4 Å². The topological polar surface area (TPSA) is 67.1 Å². The second-order valence-corrected chi connectivity index (χ2v) is 7.18. The van der Waals surface area contributed by atoms with Crippen molar-refractivity contribution < 1.29 is 4.79 Å². The van der Waals surface area contributed by atoms with Crippen LogP contribution in [0.25, 0.3) is 0 Å². The fourth-order valence-electron chi connectivity index (χ4n) is 3.35. The molecule has 1 aliphatic heterocycles. The van der Waals surface area contributed by atoms with Crippen LogP contribution in [0.1, 0.15) is 53.4 Å². The number of piperidine rings is 1. The van der Waals surface area contributed by atoms with Crippen molar-refractivity contribution in [1.29, 1.82) is 0 Å². The monoisotopic (exact) mass is 283 g/mol. The minimum Gasteiger partial charge on any atom is -0.350 e. The maximum absolute atomic E-state index is 12.3. The Bertz CT molecular complexity index is 300. The first-order valence-electron chi connectivity index (χ1n) is 8.08. The highest BCUT2D eigenvalue weighted by atomic mass is 16.1. The molecular formula is C16H33N3O. The summed E-state index contributed by atoms with van der Waals surface area (Å²) in [6.45, 7) is 11.3. The lowest BCUT2D eigenvalue weighted by molar-refractivity contribution is -0.124. The Morgan fingerprint density at radius 3 is 2.45 bits per heavy atom. The van der Waals surface area contributed by atoms with Gasteiger partial charge in [0, 0.05) is 18.5 Å². The highest BCUT2D eigenvalue weighted by Gasteiger charge is 2.28. The molecule has 1 rings (SSSR count). The van der Waals surface area contributed by atoms with Crippen LogP contribution in [-0.4, -0.2) is 31.1 Å². The lowest BCUT2D eigenvalue weighted by Crippen LogP contribution is -2.52. The molecule has 1 amide bonds. The Morgan fingerprint density at radius 1 is 1.35 bits per heavy atom. The van der Waals surface area contributed by atoms with E-state index in [2.05, 4.69) is 38.3 Å². The van der Waals surface area contributed by atoms with Gasteiger partial charge in [0.15, 0.2) is 0 Å². The molecule has 4 N–H and O–H groups in total. The highest BCUT2D eigenvalue weighted by molar-refractivity contribution is 5.77. The summed E-state index contributed by atoms with van der Waals surface area (Å²) in [6.07, 6.45) is 3.93. The van der Waals surface area contributed by atoms with Crippen molar-refractivity contribution in [2.24, 2.45) is 23.5 Å². The molecule has 2 unspecified atom stereocenters. The molecule has 1 aliphatic rings. The Balaban J connectivity index is 2.44.